The molecule has 0 N–H and O–H groups in total. The van der Waals surface area contributed by atoms with Gasteiger partial charge in [0.15, 0.2) is 0 Å². The summed E-state index contributed by atoms with van der Waals surface area (Å²) in [6.07, 6.45) is 0.967. The van der Waals surface area contributed by atoms with E-state index in [-0.39, 0.29) is 12.5 Å². The second-order valence-electron chi connectivity index (χ2n) is 5.97. The minimum absolute atomic E-state index is 0.255. The van der Waals surface area contributed by atoms with Crippen LogP contribution in [0.1, 0.15) is 23.7 Å². The zero-order valence-corrected chi connectivity index (χ0v) is 14.6. The van der Waals surface area contributed by atoms with E-state index < -0.39 is 11.2 Å². The number of rotatable bonds is 5. The Labute approximate surface area is 141 Å². The van der Waals surface area contributed by atoms with E-state index in [0.29, 0.717) is 12.2 Å². The number of aromatic nitrogens is 2. The highest BCUT2D eigenvalue weighted by molar-refractivity contribution is 5.75. The number of nitrogens with zero attached hydrogens (tertiary/aromatic N) is 3. The van der Waals surface area contributed by atoms with Gasteiger partial charge < -0.3 is 9.47 Å². The average molecular weight is 329 g/mol. The highest BCUT2D eigenvalue weighted by Crippen LogP contribution is 2.07. The predicted molar refractivity (Wildman–Crippen MR) is 93.0 cm³/mol. The Balaban J connectivity index is 2.13. The SMILES string of the molecule is CCc1ccc(CN(C)C(=O)Cn2c(=O)cc(C)n(C)c2=O)cc1. The summed E-state index contributed by atoms with van der Waals surface area (Å²) in [7, 11) is 3.25. The van der Waals surface area contributed by atoms with Gasteiger partial charge in [-0.05, 0) is 24.5 Å². The van der Waals surface area contributed by atoms with Crippen LogP contribution in [0.3, 0.4) is 0 Å². The van der Waals surface area contributed by atoms with Crippen LogP contribution < -0.4 is 11.2 Å². The largest absolute Gasteiger partial charge is 0.340 e. The molecule has 0 saturated carbocycles. The van der Waals surface area contributed by atoms with Crippen LogP contribution in [0.4, 0.5) is 0 Å². The summed E-state index contributed by atoms with van der Waals surface area (Å²) in [6, 6.07) is 9.40. The zero-order valence-electron chi connectivity index (χ0n) is 14.6. The number of aryl methyl sites for hydroxylation is 2. The molecule has 24 heavy (non-hydrogen) atoms. The summed E-state index contributed by atoms with van der Waals surface area (Å²) >= 11 is 0. The molecule has 0 unspecified atom stereocenters. The Morgan fingerprint density at radius 3 is 2.29 bits per heavy atom. The molecule has 2 rings (SSSR count). The van der Waals surface area contributed by atoms with E-state index in [0.717, 1.165) is 16.6 Å². The maximum absolute atomic E-state index is 12.4. The van der Waals surface area contributed by atoms with Gasteiger partial charge in [-0.2, -0.15) is 0 Å². The van der Waals surface area contributed by atoms with Crippen molar-refractivity contribution in [3.8, 4) is 0 Å². The highest BCUT2D eigenvalue weighted by atomic mass is 16.2. The summed E-state index contributed by atoms with van der Waals surface area (Å²) < 4.78 is 2.32. The van der Waals surface area contributed by atoms with Crippen LogP contribution in [0, 0.1) is 6.92 Å². The second kappa shape index (κ2) is 7.29. The van der Waals surface area contributed by atoms with E-state index in [1.54, 1.807) is 21.0 Å². The Hall–Kier alpha value is -2.63. The van der Waals surface area contributed by atoms with Crippen molar-refractivity contribution in [1.29, 1.82) is 0 Å². The first-order valence-electron chi connectivity index (χ1n) is 7.92. The lowest BCUT2D eigenvalue weighted by Gasteiger charge is -2.18. The van der Waals surface area contributed by atoms with Crippen LogP contribution in [0.25, 0.3) is 0 Å². The van der Waals surface area contributed by atoms with Crippen LogP contribution >= 0.6 is 0 Å². The van der Waals surface area contributed by atoms with Crippen molar-refractivity contribution in [2.24, 2.45) is 7.05 Å². The molecule has 0 aliphatic rings. The molecule has 0 aliphatic carbocycles. The van der Waals surface area contributed by atoms with Crippen molar-refractivity contribution in [2.45, 2.75) is 33.4 Å². The summed E-state index contributed by atoms with van der Waals surface area (Å²) in [5.41, 5.74) is 1.88. The smallest absolute Gasteiger partial charge is 0.331 e. The van der Waals surface area contributed by atoms with Crippen LogP contribution in [0.5, 0.6) is 0 Å². The molecular formula is C18H23N3O3. The van der Waals surface area contributed by atoms with E-state index in [1.807, 2.05) is 24.3 Å². The summed E-state index contributed by atoms with van der Waals surface area (Å²) in [5.74, 6) is -0.280. The standard InChI is InChI=1S/C18H23N3O3/c1-5-14-6-8-15(9-7-14)11-19(3)17(23)12-21-16(22)10-13(2)20(4)18(21)24/h6-10H,5,11-12H2,1-4H3. The molecule has 0 radical (unpaired) electrons. The second-order valence-corrected chi connectivity index (χ2v) is 5.97. The lowest BCUT2D eigenvalue weighted by molar-refractivity contribution is -0.131. The van der Waals surface area contributed by atoms with Gasteiger partial charge in [0, 0.05) is 32.4 Å². The van der Waals surface area contributed by atoms with E-state index in [4.69, 9.17) is 0 Å². The van der Waals surface area contributed by atoms with Crippen LogP contribution in [-0.4, -0.2) is 27.0 Å². The molecular weight excluding hydrogens is 306 g/mol. The molecule has 1 aromatic carbocycles. The Morgan fingerprint density at radius 1 is 1.12 bits per heavy atom. The molecule has 128 valence electrons. The third-order valence-corrected chi connectivity index (χ3v) is 4.22. The van der Waals surface area contributed by atoms with Crippen molar-refractivity contribution in [3.63, 3.8) is 0 Å². The molecule has 0 saturated heterocycles. The number of amides is 1. The van der Waals surface area contributed by atoms with Gasteiger partial charge in [-0.3, -0.25) is 14.2 Å². The molecule has 2 aromatic rings. The molecule has 0 fully saturated rings. The van der Waals surface area contributed by atoms with Crippen molar-refractivity contribution in [3.05, 3.63) is 68.0 Å². The van der Waals surface area contributed by atoms with Crippen LogP contribution in [0.2, 0.25) is 0 Å². The minimum Gasteiger partial charge on any atom is -0.340 e. The number of carbonyl (C=O) groups excluding carboxylic acids is 1. The summed E-state index contributed by atoms with van der Waals surface area (Å²) in [5, 5.41) is 0. The van der Waals surface area contributed by atoms with Crippen molar-refractivity contribution in [1.82, 2.24) is 14.0 Å². The first kappa shape index (κ1) is 17.7. The van der Waals surface area contributed by atoms with Gasteiger partial charge in [0.1, 0.15) is 6.54 Å². The van der Waals surface area contributed by atoms with Crippen LogP contribution in [-0.2, 0) is 31.4 Å². The van der Waals surface area contributed by atoms with Gasteiger partial charge in [0.05, 0.1) is 0 Å². The van der Waals surface area contributed by atoms with E-state index in [9.17, 15) is 14.4 Å². The lowest BCUT2D eigenvalue weighted by atomic mass is 10.1. The summed E-state index contributed by atoms with van der Waals surface area (Å²) in [6.45, 7) is 3.95. The van der Waals surface area contributed by atoms with Gasteiger partial charge in [-0.25, -0.2) is 4.79 Å². The number of hydrogen-bond acceptors (Lipinski definition) is 3. The number of carbonyl (C=O) groups is 1. The molecule has 0 bridgehead atoms. The van der Waals surface area contributed by atoms with Crippen molar-refractivity contribution >= 4 is 5.91 Å². The first-order valence-corrected chi connectivity index (χ1v) is 7.92. The van der Waals surface area contributed by atoms with E-state index in [1.165, 1.54) is 21.1 Å². The lowest BCUT2D eigenvalue weighted by Crippen LogP contribution is -2.43. The third-order valence-electron chi connectivity index (χ3n) is 4.22. The van der Waals surface area contributed by atoms with Gasteiger partial charge >= 0.3 is 5.69 Å². The maximum Gasteiger partial charge on any atom is 0.331 e. The Morgan fingerprint density at radius 2 is 1.71 bits per heavy atom. The van der Waals surface area contributed by atoms with Gasteiger partial charge in [0.2, 0.25) is 5.91 Å². The summed E-state index contributed by atoms with van der Waals surface area (Å²) in [4.78, 5) is 38.0. The fraction of sp³-hybridized carbons (Fsp3) is 0.389. The van der Waals surface area contributed by atoms with Gasteiger partial charge in [0.25, 0.3) is 5.56 Å². The number of hydrogen-bond donors (Lipinski definition) is 0. The van der Waals surface area contributed by atoms with Gasteiger partial charge in [-0.1, -0.05) is 31.2 Å². The third kappa shape index (κ3) is 3.82. The van der Waals surface area contributed by atoms with Crippen molar-refractivity contribution < 1.29 is 4.79 Å². The molecule has 1 amide bonds. The highest BCUT2D eigenvalue weighted by Gasteiger charge is 2.14. The molecule has 6 nitrogen and oxygen atoms in total. The molecule has 6 heteroatoms. The molecule has 0 aliphatic heterocycles. The minimum atomic E-state index is -0.478. The molecule has 0 atom stereocenters. The average Bonchev–Trinajstić information content (AvgIpc) is 2.57. The normalized spacial score (nSPS) is 10.7. The Bertz CT molecular complexity index is 847. The Kier molecular flexibility index (Phi) is 5.39. The molecule has 0 spiro atoms. The van der Waals surface area contributed by atoms with E-state index >= 15 is 0 Å². The quantitative estimate of drug-likeness (QED) is 0.824. The monoisotopic (exact) mass is 329 g/mol. The fourth-order valence-electron chi connectivity index (χ4n) is 2.42. The molecule has 1 heterocycles. The predicted octanol–water partition coefficient (Wildman–Crippen LogP) is 1.08. The van der Waals surface area contributed by atoms with Crippen molar-refractivity contribution in [2.75, 3.05) is 7.05 Å². The van der Waals surface area contributed by atoms with E-state index in [2.05, 4.69) is 6.92 Å². The zero-order chi connectivity index (χ0) is 17.9. The topological polar surface area (TPSA) is 64.3 Å². The fourth-order valence-corrected chi connectivity index (χ4v) is 2.42. The number of benzene rings is 1. The maximum atomic E-state index is 12.4. The number of likely N-dealkylation sites (N-methyl/N-ethyl adjacent to an activating group) is 1. The van der Waals surface area contributed by atoms with Crippen LogP contribution in [0.15, 0.2) is 39.9 Å². The van der Waals surface area contributed by atoms with Gasteiger partial charge in [-0.15, -0.1) is 0 Å². The first-order chi connectivity index (χ1) is 11.3. The molecule has 1 aromatic heterocycles.